The van der Waals surface area contributed by atoms with Crippen molar-refractivity contribution in [3.05, 3.63) is 57.4 Å². The third-order valence-electron chi connectivity index (χ3n) is 4.22. The summed E-state index contributed by atoms with van der Waals surface area (Å²) >= 11 is 3.47. The Morgan fingerprint density at radius 3 is 2.84 bits per heavy atom. The zero-order valence-electron chi connectivity index (χ0n) is 12.6. The second-order valence-electron chi connectivity index (χ2n) is 5.78. The Balaban J connectivity index is 1.76. The highest BCUT2D eigenvalue weighted by molar-refractivity contribution is 9.10. The summed E-state index contributed by atoms with van der Waals surface area (Å²) < 4.78 is 6.46. The highest BCUT2D eigenvalue weighted by Gasteiger charge is 2.16. The van der Waals surface area contributed by atoms with Crippen LogP contribution in [0.5, 0.6) is 5.75 Å². The number of aromatic amines is 2. The van der Waals surface area contributed by atoms with Gasteiger partial charge in [-0.05, 0) is 30.3 Å². The lowest BCUT2D eigenvalue weighted by molar-refractivity contribution is 0.474. The number of imidazole rings is 1. The number of nitrogens with one attached hydrogen (secondary N) is 2. The van der Waals surface area contributed by atoms with Crippen LogP contribution in [0, 0.1) is 0 Å². The second-order valence-corrected chi connectivity index (χ2v) is 6.70. The number of phenolic OH excluding ortho intramolecular Hbond substituents is 1. The van der Waals surface area contributed by atoms with E-state index in [2.05, 4.69) is 30.9 Å². The summed E-state index contributed by atoms with van der Waals surface area (Å²) in [6.07, 6.45) is 1.36. The number of fused-ring (bicyclic) bond motifs is 4. The minimum atomic E-state index is -0.205. The molecule has 0 saturated carbocycles. The first-order valence-electron chi connectivity index (χ1n) is 7.52. The number of nitrogens with zero attached hydrogens (tertiary/aromatic N) is 1. The Bertz CT molecular complexity index is 1350. The number of hydrogen-bond acceptors (Lipinski definition) is 4. The van der Waals surface area contributed by atoms with Crippen molar-refractivity contribution in [1.29, 1.82) is 0 Å². The van der Waals surface area contributed by atoms with E-state index in [1.807, 2.05) is 18.2 Å². The summed E-state index contributed by atoms with van der Waals surface area (Å²) in [7, 11) is 0. The standard InChI is InChI=1S/C18H10BrN3O3/c19-8-1-4-13-11(5-8)15-18(20-13)22-17(21-15)12-7-25-14-6-9(23)2-3-10(14)16(12)24/h1-7,20,23H,(H,21,22). The van der Waals surface area contributed by atoms with Gasteiger partial charge in [-0.25, -0.2) is 4.98 Å². The molecule has 0 fully saturated rings. The zero-order chi connectivity index (χ0) is 17.1. The van der Waals surface area contributed by atoms with E-state index in [-0.39, 0.29) is 11.2 Å². The van der Waals surface area contributed by atoms with Crippen LogP contribution in [0.15, 0.2) is 56.3 Å². The molecule has 3 aromatic heterocycles. The molecule has 0 saturated heterocycles. The number of benzene rings is 2. The van der Waals surface area contributed by atoms with E-state index in [0.29, 0.717) is 28.0 Å². The molecule has 3 N–H and O–H groups in total. The van der Waals surface area contributed by atoms with Crippen LogP contribution in [0.1, 0.15) is 0 Å². The Morgan fingerprint density at radius 2 is 1.96 bits per heavy atom. The molecule has 0 aliphatic heterocycles. The van der Waals surface area contributed by atoms with Gasteiger partial charge in [-0.15, -0.1) is 0 Å². The summed E-state index contributed by atoms with van der Waals surface area (Å²) in [6.45, 7) is 0. The third kappa shape index (κ3) is 2.09. The van der Waals surface area contributed by atoms with E-state index >= 15 is 0 Å². The van der Waals surface area contributed by atoms with Crippen LogP contribution in [0.25, 0.3) is 44.4 Å². The predicted molar refractivity (Wildman–Crippen MR) is 98.8 cm³/mol. The third-order valence-corrected chi connectivity index (χ3v) is 4.71. The Kier molecular flexibility index (Phi) is 2.84. The minimum absolute atomic E-state index is 0.0479. The van der Waals surface area contributed by atoms with Crippen molar-refractivity contribution < 1.29 is 9.52 Å². The topological polar surface area (TPSA) is 94.9 Å². The summed E-state index contributed by atoms with van der Waals surface area (Å²) in [6, 6.07) is 10.3. The largest absolute Gasteiger partial charge is 0.508 e. The van der Waals surface area contributed by atoms with Gasteiger partial charge in [0.2, 0.25) is 5.43 Å². The van der Waals surface area contributed by atoms with Crippen molar-refractivity contribution in [2.75, 3.05) is 0 Å². The Hall–Kier alpha value is -3.06. The molecule has 7 heteroatoms. The van der Waals surface area contributed by atoms with Crippen molar-refractivity contribution in [3.63, 3.8) is 0 Å². The molecule has 2 aromatic carbocycles. The smallest absolute Gasteiger partial charge is 0.203 e. The maximum absolute atomic E-state index is 12.7. The molecule has 5 rings (SSSR count). The quantitative estimate of drug-likeness (QED) is 0.394. The number of phenols is 1. The SMILES string of the molecule is O=c1c(-c2nc3[nH]c4ccc(Br)cc4c3[nH]2)coc2cc(O)ccc12. The lowest BCUT2D eigenvalue weighted by Gasteiger charge is -2.00. The fraction of sp³-hybridized carbons (Fsp3) is 0. The van der Waals surface area contributed by atoms with E-state index in [1.165, 1.54) is 18.4 Å². The van der Waals surface area contributed by atoms with Crippen LogP contribution in [0.3, 0.4) is 0 Å². The average Bonchev–Trinajstić information content (AvgIpc) is 3.13. The van der Waals surface area contributed by atoms with Gasteiger partial charge in [0.15, 0.2) is 5.65 Å². The van der Waals surface area contributed by atoms with Gasteiger partial charge in [0.1, 0.15) is 29.0 Å². The monoisotopic (exact) mass is 395 g/mol. The van der Waals surface area contributed by atoms with E-state index < -0.39 is 0 Å². The summed E-state index contributed by atoms with van der Waals surface area (Å²) in [4.78, 5) is 23.7. The van der Waals surface area contributed by atoms with Gasteiger partial charge in [0, 0.05) is 21.4 Å². The minimum Gasteiger partial charge on any atom is -0.508 e. The molecular formula is C18H10BrN3O3. The van der Waals surface area contributed by atoms with Crippen molar-refractivity contribution in [2.45, 2.75) is 0 Å². The molecule has 0 atom stereocenters. The number of hydrogen-bond donors (Lipinski definition) is 3. The Labute approximate surface area is 148 Å². The van der Waals surface area contributed by atoms with Crippen molar-refractivity contribution in [1.82, 2.24) is 15.0 Å². The number of aromatic nitrogens is 3. The van der Waals surface area contributed by atoms with Gasteiger partial charge < -0.3 is 19.5 Å². The molecule has 0 radical (unpaired) electrons. The second kappa shape index (κ2) is 4.97. The summed E-state index contributed by atoms with van der Waals surface area (Å²) in [5.74, 6) is 0.485. The van der Waals surface area contributed by atoms with Crippen LogP contribution in [0.4, 0.5) is 0 Å². The van der Waals surface area contributed by atoms with Crippen molar-refractivity contribution in [2.24, 2.45) is 0 Å². The van der Waals surface area contributed by atoms with Crippen LogP contribution < -0.4 is 5.43 Å². The molecule has 25 heavy (non-hydrogen) atoms. The average molecular weight is 396 g/mol. The Morgan fingerprint density at radius 1 is 1.08 bits per heavy atom. The molecule has 6 nitrogen and oxygen atoms in total. The van der Waals surface area contributed by atoms with Crippen LogP contribution in [-0.2, 0) is 0 Å². The van der Waals surface area contributed by atoms with Crippen LogP contribution >= 0.6 is 15.9 Å². The van der Waals surface area contributed by atoms with Gasteiger partial charge in [-0.1, -0.05) is 15.9 Å². The first kappa shape index (κ1) is 14.3. The maximum Gasteiger partial charge on any atom is 0.203 e. The van der Waals surface area contributed by atoms with Crippen molar-refractivity contribution >= 4 is 49.0 Å². The predicted octanol–water partition coefficient (Wildman–Crippen LogP) is 4.29. The molecule has 0 spiro atoms. The lowest BCUT2D eigenvalue weighted by atomic mass is 10.1. The van der Waals surface area contributed by atoms with Gasteiger partial charge >= 0.3 is 0 Å². The van der Waals surface area contributed by atoms with Crippen LogP contribution in [0.2, 0.25) is 0 Å². The molecule has 0 aliphatic carbocycles. The highest BCUT2D eigenvalue weighted by Crippen LogP contribution is 2.29. The van der Waals surface area contributed by atoms with Crippen LogP contribution in [-0.4, -0.2) is 20.1 Å². The van der Waals surface area contributed by atoms with Crippen molar-refractivity contribution in [3.8, 4) is 17.1 Å². The number of aromatic hydroxyl groups is 1. The van der Waals surface area contributed by atoms with Gasteiger partial charge in [0.25, 0.3) is 0 Å². The molecular weight excluding hydrogens is 386 g/mol. The first-order chi connectivity index (χ1) is 12.1. The molecule has 5 aromatic rings. The number of rotatable bonds is 1. The molecule has 0 aliphatic rings. The normalized spacial score (nSPS) is 11.7. The van der Waals surface area contributed by atoms with E-state index in [9.17, 15) is 9.90 Å². The fourth-order valence-electron chi connectivity index (χ4n) is 3.03. The van der Waals surface area contributed by atoms with E-state index in [1.54, 1.807) is 6.07 Å². The zero-order valence-corrected chi connectivity index (χ0v) is 14.2. The van der Waals surface area contributed by atoms with Gasteiger partial charge in [-0.2, -0.15) is 0 Å². The molecule has 0 bridgehead atoms. The maximum atomic E-state index is 12.7. The first-order valence-corrected chi connectivity index (χ1v) is 8.31. The number of H-pyrrole nitrogens is 2. The van der Waals surface area contributed by atoms with Gasteiger partial charge in [-0.3, -0.25) is 4.79 Å². The lowest BCUT2D eigenvalue weighted by Crippen LogP contribution is -2.05. The van der Waals surface area contributed by atoms with Gasteiger partial charge in [0.05, 0.1) is 10.9 Å². The van der Waals surface area contributed by atoms with E-state index in [0.717, 1.165) is 20.9 Å². The van der Waals surface area contributed by atoms with E-state index in [4.69, 9.17) is 4.42 Å². The fourth-order valence-corrected chi connectivity index (χ4v) is 3.39. The summed E-state index contributed by atoms with van der Waals surface area (Å²) in [5.41, 5.74) is 2.93. The highest BCUT2D eigenvalue weighted by atomic mass is 79.9. The summed E-state index contributed by atoms with van der Waals surface area (Å²) in [5, 5.41) is 10.9. The molecule has 3 heterocycles. The number of halogens is 1. The molecule has 0 unspecified atom stereocenters. The molecule has 122 valence electrons. The molecule has 0 amide bonds.